The summed E-state index contributed by atoms with van der Waals surface area (Å²) in [4.78, 5) is 0. The summed E-state index contributed by atoms with van der Waals surface area (Å²) in [5.74, 6) is 0. The number of sulfonamides is 1. The predicted molar refractivity (Wildman–Crippen MR) is 81.4 cm³/mol. The summed E-state index contributed by atoms with van der Waals surface area (Å²) >= 11 is 13.4. The number of rotatable bonds is 7. The number of ether oxygens (including phenoxy) is 1. The second kappa shape index (κ2) is 7.56. The first-order chi connectivity index (χ1) is 8.40. The maximum Gasteiger partial charge on any atom is 0.250 e. The SMILES string of the molecule is COCC(CCBr)NS(=O)(=O)c1cc(Cl)c(Br)s1. The smallest absolute Gasteiger partial charge is 0.250 e. The van der Waals surface area contributed by atoms with Gasteiger partial charge in [0.2, 0.25) is 10.0 Å². The van der Waals surface area contributed by atoms with Gasteiger partial charge in [-0.3, -0.25) is 0 Å². The van der Waals surface area contributed by atoms with Gasteiger partial charge in [-0.2, -0.15) is 0 Å². The van der Waals surface area contributed by atoms with Gasteiger partial charge in [-0.15, -0.1) is 11.3 Å². The molecule has 0 aromatic carbocycles. The molecule has 104 valence electrons. The van der Waals surface area contributed by atoms with Crippen LogP contribution in [0.2, 0.25) is 5.02 Å². The van der Waals surface area contributed by atoms with Crippen molar-refractivity contribution in [1.82, 2.24) is 4.72 Å². The van der Waals surface area contributed by atoms with Gasteiger partial charge in [0, 0.05) is 18.5 Å². The molecule has 1 atom stereocenters. The van der Waals surface area contributed by atoms with Gasteiger partial charge < -0.3 is 4.74 Å². The van der Waals surface area contributed by atoms with Crippen LogP contribution in [0.1, 0.15) is 6.42 Å². The standard InChI is InChI=1S/C9H12Br2ClNO3S2/c1-16-5-6(2-3-10)13-18(14,15)8-4-7(12)9(11)17-8/h4,6,13H,2-3,5H2,1H3. The van der Waals surface area contributed by atoms with Crippen molar-refractivity contribution in [2.75, 3.05) is 19.0 Å². The number of alkyl halides is 1. The van der Waals surface area contributed by atoms with Crippen molar-refractivity contribution in [2.45, 2.75) is 16.7 Å². The minimum Gasteiger partial charge on any atom is -0.383 e. The lowest BCUT2D eigenvalue weighted by Gasteiger charge is -2.16. The van der Waals surface area contributed by atoms with Crippen LogP contribution in [0, 0.1) is 0 Å². The Kier molecular flexibility index (Phi) is 7.09. The van der Waals surface area contributed by atoms with Crippen molar-refractivity contribution >= 4 is 64.8 Å². The summed E-state index contributed by atoms with van der Waals surface area (Å²) in [6.45, 7) is 0.325. The molecule has 1 N–H and O–H groups in total. The largest absolute Gasteiger partial charge is 0.383 e. The minimum absolute atomic E-state index is 0.190. The molecule has 1 aromatic rings. The first-order valence-electron chi connectivity index (χ1n) is 4.92. The molecule has 18 heavy (non-hydrogen) atoms. The van der Waals surface area contributed by atoms with Crippen LogP contribution in [0.3, 0.4) is 0 Å². The summed E-state index contributed by atoms with van der Waals surface area (Å²) < 4.78 is 32.6. The molecule has 0 fully saturated rings. The topological polar surface area (TPSA) is 55.4 Å². The van der Waals surface area contributed by atoms with Crippen molar-refractivity contribution in [3.05, 3.63) is 14.9 Å². The Bertz CT molecular complexity index is 467. The van der Waals surface area contributed by atoms with E-state index in [1.807, 2.05) is 0 Å². The summed E-state index contributed by atoms with van der Waals surface area (Å²) in [6.07, 6.45) is 0.646. The summed E-state index contributed by atoms with van der Waals surface area (Å²) in [7, 11) is -2.02. The maximum atomic E-state index is 12.1. The van der Waals surface area contributed by atoms with Crippen molar-refractivity contribution in [3.63, 3.8) is 0 Å². The number of hydrogen-bond donors (Lipinski definition) is 1. The van der Waals surface area contributed by atoms with Gasteiger partial charge in [-0.25, -0.2) is 13.1 Å². The Labute approximate surface area is 132 Å². The third-order valence-corrected chi connectivity index (χ3v) is 6.96. The van der Waals surface area contributed by atoms with Crippen LogP contribution in [-0.2, 0) is 14.8 Å². The van der Waals surface area contributed by atoms with Crippen LogP contribution >= 0.6 is 54.8 Å². The number of thiophene rings is 1. The third-order valence-electron chi connectivity index (χ3n) is 2.03. The molecule has 1 unspecified atom stereocenters. The van der Waals surface area contributed by atoms with E-state index in [0.717, 1.165) is 11.3 Å². The van der Waals surface area contributed by atoms with E-state index in [1.165, 1.54) is 13.2 Å². The summed E-state index contributed by atoms with van der Waals surface area (Å²) in [5, 5.41) is 1.09. The molecule has 0 aliphatic carbocycles. The minimum atomic E-state index is -3.55. The van der Waals surface area contributed by atoms with E-state index >= 15 is 0 Å². The molecule has 1 aromatic heterocycles. The lowest BCUT2D eigenvalue weighted by molar-refractivity contribution is 0.173. The number of halogens is 3. The van der Waals surface area contributed by atoms with Crippen LogP contribution in [0.4, 0.5) is 0 Å². The Morgan fingerprint density at radius 1 is 1.61 bits per heavy atom. The molecular weight excluding hydrogens is 429 g/mol. The van der Waals surface area contributed by atoms with E-state index in [2.05, 4.69) is 36.6 Å². The molecule has 1 heterocycles. The van der Waals surface area contributed by atoms with E-state index in [0.29, 0.717) is 27.2 Å². The first-order valence-corrected chi connectivity index (χ1v) is 9.52. The number of methoxy groups -OCH3 is 1. The molecule has 0 aliphatic rings. The molecule has 1 rings (SSSR count). The molecule has 0 saturated carbocycles. The monoisotopic (exact) mass is 439 g/mol. The fourth-order valence-corrected chi connectivity index (χ4v) is 5.47. The molecular formula is C9H12Br2ClNO3S2. The highest BCUT2D eigenvalue weighted by atomic mass is 79.9. The van der Waals surface area contributed by atoms with Gasteiger partial charge in [-0.1, -0.05) is 27.5 Å². The Balaban J connectivity index is 2.85. The van der Waals surface area contributed by atoms with E-state index in [1.54, 1.807) is 0 Å². The highest BCUT2D eigenvalue weighted by molar-refractivity contribution is 9.11. The van der Waals surface area contributed by atoms with E-state index in [4.69, 9.17) is 16.3 Å². The molecule has 0 aliphatic heterocycles. The third kappa shape index (κ3) is 4.73. The van der Waals surface area contributed by atoms with Gasteiger partial charge in [0.15, 0.2) is 0 Å². The zero-order valence-corrected chi connectivity index (χ0v) is 15.0. The van der Waals surface area contributed by atoms with Gasteiger partial charge >= 0.3 is 0 Å². The maximum absolute atomic E-state index is 12.1. The lowest BCUT2D eigenvalue weighted by atomic mass is 10.3. The first kappa shape index (κ1) is 16.9. The van der Waals surface area contributed by atoms with Gasteiger partial charge in [-0.05, 0) is 28.4 Å². The summed E-state index contributed by atoms with van der Waals surface area (Å²) in [6, 6.07) is 1.16. The molecule has 0 amide bonds. The zero-order valence-electron chi connectivity index (χ0n) is 9.45. The van der Waals surface area contributed by atoms with Crippen molar-refractivity contribution in [3.8, 4) is 0 Å². The van der Waals surface area contributed by atoms with Crippen LogP contribution in [0.15, 0.2) is 14.1 Å². The van der Waals surface area contributed by atoms with Crippen LogP contribution in [0.5, 0.6) is 0 Å². The number of hydrogen-bond acceptors (Lipinski definition) is 4. The van der Waals surface area contributed by atoms with E-state index in [9.17, 15) is 8.42 Å². The lowest BCUT2D eigenvalue weighted by Crippen LogP contribution is -2.37. The average molecular weight is 442 g/mol. The van der Waals surface area contributed by atoms with Crippen LogP contribution in [0.25, 0.3) is 0 Å². The van der Waals surface area contributed by atoms with Gasteiger partial charge in [0.05, 0.1) is 15.4 Å². The van der Waals surface area contributed by atoms with Crippen LogP contribution in [-0.4, -0.2) is 33.5 Å². The second-order valence-electron chi connectivity index (χ2n) is 3.44. The Morgan fingerprint density at radius 3 is 2.72 bits per heavy atom. The van der Waals surface area contributed by atoms with Crippen molar-refractivity contribution < 1.29 is 13.2 Å². The molecule has 0 bridgehead atoms. The molecule has 0 saturated heterocycles. The Morgan fingerprint density at radius 2 is 2.28 bits per heavy atom. The van der Waals surface area contributed by atoms with E-state index < -0.39 is 10.0 Å². The normalized spacial score (nSPS) is 13.8. The highest BCUT2D eigenvalue weighted by Gasteiger charge is 2.22. The average Bonchev–Trinajstić information content (AvgIpc) is 2.60. The van der Waals surface area contributed by atoms with Crippen LogP contribution < -0.4 is 4.72 Å². The van der Waals surface area contributed by atoms with E-state index in [-0.39, 0.29) is 10.3 Å². The van der Waals surface area contributed by atoms with Gasteiger partial charge in [0.1, 0.15) is 4.21 Å². The highest BCUT2D eigenvalue weighted by Crippen LogP contribution is 2.34. The predicted octanol–water partition coefficient (Wildman–Crippen LogP) is 3.24. The molecule has 0 radical (unpaired) electrons. The quantitative estimate of drug-likeness (QED) is 0.661. The zero-order chi connectivity index (χ0) is 13.8. The van der Waals surface area contributed by atoms with Crippen molar-refractivity contribution in [1.29, 1.82) is 0 Å². The summed E-state index contributed by atoms with van der Waals surface area (Å²) in [5.41, 5.74) is 0. The van der Waals surface area contributed by atoms with Gasteiger partial charge in [0.25, 0.3) is 0 Å². The Hall–Kier alpha value is 0.820. The fraction of sp³-hybridized carbons (Fsp3) is 0.556. The molecule has 9 heteroatoms. The fourth-order valence-electron chi connectivity index (χ4n) is 1.25. The van der Waals surface area contributed by atoms with Crippen molar-refractivity contribution in [2.24, 2.45) is 0 Å². The molecule has 4 nitrogen and oxygen atoms in total. The second-order valence-corrected chi connectivity index (χ2v) is 8.95. The number of nitrogens with one attached hydrogen (secondary N) is 1. The molecule has 0 spiro atoms.